The van der Waals surface area contributed by atoms with Crippen molar-refractivity contribution in [2.24, 2.45) is 5.92 Å². The summed E-state index contributed by atoms with van der Waals surface area (Å²) in [5, 5.41) is 0. The molecule has 0 aliphatic heterocycles. The molecule has 0 aromatic heterocycles. The van der Waals surface area contributed by atoms with Gasteiger partial charge in [0, 0.05) is 4.90 Å². The van der Waals surface area contributed by atoms with E-state index in [9.17, 15) is 9.18 Å². The molecule has 1 nitrogen and oxygen atoms in total. The van der Waals surface area contributed by atoms with Crippen LogP contribution >= 0.6 is 11.8 Å². The highest BCUT2D eigenvalue weighted by atomic mass is 32.2. The Hall–Kier alpha value is -0.830. The van der Waals surface area contributed by atoms with Crippen LogP contribution in [0.3, 0.4) is 0 Å². The van der Waals surface area contributed by atoms with Crippen LogP contribution in [0.5, 0.6) is 0 Å². The molecular formula is C13H17FOS. The van der Waals surface area contributed by atoms with E-state index < -0.39 is 5.82 Å². The predicted molar refractivity (Wildman–Crippen MR) is 66.6 cm³/mol. The van der Waals surface area contributed by atoms with E-state index in [4.69, 9.17) is 0 Å². The first-order chi connectivity index (χ1) is 7.52. The molecule has 0 spiro atoms. The van der Waals surface area contributed by atoms with Gasteiger partial charge in [-0.15, -0.1) is 11.8 Å². The molecule has 0 bridgehead atoms. The Morgan fingerprint density at radius 1 is 1.44 bits per heavy atom. The van der Waals surface area contributed by atoms with Crippen molar-refractivity contribution in [3.05, 3.63) is 29.6 Å². The summed E-state index contributed by atoms with van der Waals surface area (Å²) in [6, 6.07) is 4.80. The molecule has 0 saturated carbocycles. The van der Waals surface area contributed by atoms with E-state index in [0.29, 0.717) is 5.92 Å². The third-order valence-electron chi connectivity index (χ3n) is 2.28. The van der Waals surface area contributed by atoms with Gasteiger partial charge < -0.3 is 0 Å². The number of ketones is 1. The molecule has 1 rings (SSSR count). The molecule has 0 unspecified atom stereocenters. The largest absolute Gasteiger partial charge is 0.294 e. The van der Waals surface area contributed by atoms with Crippen LogP contribution in [0.4, 0.5) is 4.39 Å². The van der Waals surface area contributed by atoms with Gasteiger partial charge in [-0.3, -0.25) is 4.79 Å². The molecule has 0 saturated heterocycles. The number of carbonyl (C=O) groups excluding carboxylic acids is 1. The van der Waals surface area contributed by atoms with E-state index in [-0.39, 0.29) is 11.3 Å². The number of hydrogen-bond donors (Lipinski definition) is 0. The van der Waals surface area contributed by atoms with E-state index in [1.807, 2.05) is 6.07 Å². The van der Waals surface area contributed by atoms with Crippen molar-refractivity contribution in [3.8, 4) is 0 Å². The minimum atomic E-state index is -0.415. The maximum atomic E-state index is 13.5. The zero-order valence-electron chi connectivity index (χ0n) is 9.92. The third-order valence-corrected chi connectivity index (χ3v) is 3.37. The van der Waals surface area contributed by atoms with E-state index in [2.05, 4.69) is 13.8 Å². The summed E-state index contributed by atoms with van der Waals surface area (Å²) in [6.45, 7) is 5.71. The Bertz CT molecular complexity index is 374. The van der Waals surface area contributed by atoms with E-state index in [1.165, 1.54) is 13.0 Å². The van der Waals surface area contributed by atoms with Crippen LogP contribution < -0.4 is 0 Å². The second-order valence-corrected chi connectivity index (χ2v) is 5.34. The molecule has 0 fully saturated rings. The fourth-order valence-corrected chi connectivity index (χ4v) is 2.74. The van der Waals surface area contributed by atoms with Gasteiger partial charge in [-0.25, -0.2) is 4.39 Å². The van der Waals surface area contributed by atoms with Gasteiger partial charge in [0.05, 0.1) is 5.56 Å². The fraction of sp³-hybridized carbons (Fsp3) is 0.462. The van der Waals surface area contributed by atoms with Gasteiger partial charge in [0.2, 0.25) is 0 Å². The topological polar surface area (TPSA) is 17.1 Å². The Morgan fingerprint density at radius 2 is 2.12 bits per heavy atom. The first-order valence-electron chi connectivity index (χ1n) is 5.44. The van der Waals surface area contributed by atoms with Crippen LogP contribution in [0.1, 0.15) is 37.6 Å². The summed E-state index contributed by atoms with van der Waals surface area (Å²) in [7, 11) is 0. The van der Waals surface area contributed by atoms with Crippen LogP contribution in [0.15, 0.2) is 23.1 Å². The molecule has 0 atom stereocenters. The van der Waals surface area contributed by atoms with E-state index in [1.54, 1.807) is 17.8 Å². The Balaban J connectivity index is 2.79. The van der Waals surface area contributed by atoms with Crippen molar-refractivity contribution in [1.82, 2.24) is 0 Å². The summed E-state index contributed by atoms with van der Waals surface area (Å²) in [4.78, 5) is 12.1. The number of benzene rings is 1. The second kappa shape index (κ2) is 6.04. The first-order valence-corrected chi connectivity index (χ1v) is 6.43. The number of hydrogen-bond acceptors (Lipinski definition) is 2. The molecule has 3 heteroatoms. The number of thioether (sulfide) groups is 1. The molecule has 16 heavy (non-hydrogen) atoms. The van der Waals surface area contributed by atoms with Crippen LogP contribution in [0, 0.1) is 11.7 Å². The minimum absolute atomic E-state index is 0.204. The lowest BCUT2D eigenvalue weighted by Gasteiger charge is -2.08. The smallest absolute Gasteiger partial charge is 0.163 e. The Morgan fingerprint density at radius 3 is 2.69 bits per heavy atom. The zero-order chi connectivity index (χ0) is 12.1. The van der Waals surface area contributed by atoms with Crippen molar-refractivity contribution in [3.63, 3.8) is 0 Å². The molecule has 0 radical (unpaired) electrons. The van der Waals surface area contributed by atoms with Crippen LogP contribution in [0.25, 0.3) is 0 Å². The van der Waals surface area contributed by atoms with Gasteiger partial charge in [0.25, 0.3) is 0 Å². The number of carbonyl (C=O) groups is 1. The number of Topliss-reactive ketones (excluding diaryl/α,β-unsaturated/α-hetero) is 1. The first kappa shape index (κ1) is 13.2. The van der Waals surface area contributed by atoms with Crippen molar-refractivity contribution in [2.75, 3.05) is 5.75 Å². The van der Waals surface area contributed by atoms with Crippen molar-refractivity contribution >= 4 is 17.5 Å². The average molecular weight is 240 g/mol. The van der Waals surface area contributed by atoms with E-state index >= 15 is 0 Å². The molecule has 0 aliphatic rings. The monoisotopic (exact) mass is 240 g/mol. The van der Waals surface area contributed by atoms with Crippen LogP contribution in [0.2, 0.25) is 0 Å². The maximum Gasteiger partial charge on any atom is 0.163 e. The lowest BCUT2D eigenvalue weighted by Crippen LogP contribution is -2.00. The molecule has 1 aromatic carbocycles. The summed E-state index contributed by atoms with van der Waals surface area (Å²) in [5.74, 6) is 0.926. The summed E-state index contributed by atoms with van der Waals surface area (Å²) >= 11 is 1.56. The van der Waals surface area contributed by atoms with Gasteiger partial charge in [-0.1, -0.05) is 19.9 Å². The highest BCUT2D eigenvalue weighted by molar-refractivity contribution is 7.99. The quantitative estimate of drug-likeness (QED) is 0.567. The maximum absolute atomic E-state index is 13.5. The highest BCUT2D eigenvalue weighted by Gasteiger charge is 2.12. The standard InChI is InChI=1S/C13H17FOS/c1-9(2)7-8-16-12-6-4-5-11(14)13(12)10(3)15/h4-6,9H,7-8H2,1-3H3. The average Bonchev–Trinajstić information content (AvgIpc) is 2.16. The number of halogens is 1. The van der Waals surface area contributed by atoms with Gasteiger partial charge in [-0.05, 0) is 37.1 Å². The van der Waals surface area contributed by atoms with Crippen molar-refractivity contribution in [2.45, 2.75) is 32.1 Å². The summed E-state index contributed by atoms with van der Waals surface area (Å²) < 4.78 is 13.5. The van der Waals surface area contributed by atoms with E-state index in [0.717, 1.165) is 17.1 Å². The van der Waals surface area contributed by atoms with Crippen LogP contribution in [-0.2, 0) is 0 Å². The highest BCUT2D eigenvalue weighted by Crippen LogP contribution is 2.26. The molecule has 0 N–H and O–H groups in total. The van der Waals surface area contributed by atoms with Crippen molar-refractivity contribution < 1.29 is 9.18 Å². The molecule has 0 heterocycles. The normalized spacial score (nSPS) is 10.8. The Labute approximate surface area is 100 Å². The lowest BCUT2D eigenvalue weighted by molar-refractivity contribution is 0.101. The van der Waals surface area contributed by atoms with Gasteiger partial charge in [0.1, 0.15) is 5.82 Å². The fourth-order valence-electron chi connectivity index (χ4n) is 1.37. The molecule has 1 aromatic rings. The van der Waals surface area contributed by atoms with Gasteiger partial charge >= 0.3 is 0 Å². The van der Waals surface area contributed by atoms with Crippen molar-refractivity contribution in [1.29, 1.82) is 0 Å². The Kier molecular flexibility index (Phi) is 5.00. The van der Waals surface area contributed by atoms with Crippen LogP contribution in [-0.4, -0.2) is 11.5 Å². The van der Waals surface area contributed by atoms with Gasteiger partial charge in [0.15, 0.2) is 5.78 Å². The molecule has 0 aliphatic carbocycles. The lowest BCUT2D eigenvalue weighted by atomic mass is 10.1. The molecule has 88 valence electrons. The minimum Gasteiger partial charge on any atom is -0.294 e. The second-order valence-electron chi connectivity index (χ2n) is 4.20. The molecule has 0 amide bonds. The molecular weight excluding hydrogens is 223 g/mol. The SMILES string of the molecule is CC(=O)c1c(F)cccc1SCCC(C)C. The summed E-state index contributed by atoms with van der Waals surface area (Å²) in [6.07, 6.45) is 1.07. The zero-order valence-corrected chi connectivity index (χ0v) is 10.7. The van der Waals surface area contributed by atoms with Gasteiger partial charge in [-0.2, -0.15) is 0 Å². The summed E-state index contributed by atoms with van der Waals surface area (Å²) in [5.41, 5.74) is 0.233. The predicted octanol–water partition coefficient (Wildman–Crippen LogP) is 4.17. The third kappa shape index (κ3) is 3.63. The number of rotatable bonds is 5.